The summed E-state index contributed by atoms with van der Waals surface area (Å²) in [6, 6.07) is 23.9. The molecule has 0 unspecified atom stereocenters. The molecular weight excluding hydrogens is 388 g/mol. The van der Waals surface area contributed by atoms with Crippen LogP contribution in [0.5, 0.6) is 0 Å². The number of allylic oxidation sites excluding steroid dienone is 2. The SMILES string of the molecule is C=CCn1c(-c2ccccc2)c(/C=C/C(=O)c2ccccc2[N+](=O)[O-])c2ccccc21. The Bertz CT molecular complexity index is 1320. The topological polar surface area (TPSA) is 65.1 Å². The normalized spacial score (nSPS) is 11.1. The molecule has 0 aliphatic carbocycles. The van der Waals surface area contributed by atoms with Gasteiger partial charge < -0.3 is 4.57 Å². The molecule has 0 fully saturated rings. The number of nitrogens with zero attached hydrogens (tertiary/aromatic N) is 2. The van der Waals surface area contributed by atoms with Crippen LogP contribution in [-0.2, 0) is 6.54 Å². The van der Waals surface area contributed by atoms with Crippen molar-refractivity contribution >= 4 is 28.4 Å². The highest BCUT2D eigenvalue weighted by atomic mass is 16.6. The van der Waals surface area contributed by atoms with Crippen LogP contribution < -0.4 is 0 Å². The van der Waals surface area contributed by atoms with Crippen LogP contribution in [0.3, 0.4) is 0 Å². The molecule has 4 rings (SSSR count). The minimum Gasteiger partial charge on any atom is -0.336 e. The van der Waals surface area contributed by atoms with Crippen molar-refractivity contribution in [3.05, 3.63) is 119 Å². The number of ketones is 1. The van der Waals surface area contributed by atoms with Crippen LogP contribution in [0.15, 0.2) is 97.6 Å². The molecule has 0 spiro atoms. The highest BCUT2D eigenvalue weighted by Crippen LogP contribution is 2.35. The molecule has 31 heavy (non-hydrogen) atoms. The molecule has 0 N–H and O–H groups in total. The number of fused-ring (bicyclic) bond motifs is 1. The fourth-order valence-corrected chi connectivity index (χ4v) is 3.81. The van der Waals surface area contributed by atoms with Crippen molar-refractivity contribution in [3.8, 4) is 11.3 Å². The number of hydrogen-bond acceptors (Lipinski definition) is 3. The lowest BCUT2D eigenvalue weighted by Crippen LogP contribution is -2.01. The number of rotatable bonds is 7. The maximum atomic E-state index is 12.8. The van der Waals surface area contributed by atoms with Crippen LogP contribution in [0, 0.1) is 10.1 Å². The van der Waals surface area contributed by atoms with Gasteiger partial charge >= 0.3 is 0 Å². The van der Waals surface area contributed by atoms with E-state index in [1.165, 1.54) is 18.2 Å². The van der Waals surface area contributed by atoms with Crippen molar-refractivity contribution in [2.45, 2.75) is 6.54 Å². The molecule has 1 aromatic heterocycles. The Hall–Kier alpha value is -4.25. The van der Waals surface area contributed by atoms with E-state index in [-0.39, 0.29) is 11.3 Å². The summed E-state index contributed by atoms with van der Waals surface area (Å²) < 4.78 is 2.16. The van der Waals surface area contributed by atoms with E-state index in [9.17, 15) is 14.9 Å². The number of carbonyl (C=O) groups excluding carboxylic acids is 1. The Labute approximate surface area is 179 Å². The maximum Gasteiger partial charge on any atom is 0.280 e. The Kier molecular flexibility index (Phi) is 5.58. The van der Waals surface area contributed by atoms with Gasteiger partial charge in [-0.2, -0.15) is 0 Å². The summed E-state index contributed by atoms with van der Waals surface area (Å²) in [5, 5.41) is 12.3. The lowest BCUT2D eigenvalue weighted by molar-refractivity contribution is -0.385. The quantitative estimate of drug-likeness (QED) is 0.118. The first-order valence-corrected chi connectivity index (χ1v) is 9.85. The Morgan fingerprint density at radius 1 is 0.968 bits per heavy atom. The number of para-hydroxylation sites is 2. The van der Waals surface area contributed by atoms with Crippen molar-refractivity contribution in [1.82, 2.24) is 4.57 Å². The molecule has 0 amide bonds. The molecular formula is C26H20N2O3. The molecule has 5 heteroatoms. The van der Waals surface area contributed by atoms with E-state index < -0.39 is 10.7 Å². The first-order valence-electron chi connectivity index (χ1n) is 9.85. The maximum absolute atomic E-state index is 12.8. The van der Waals surface area contributed by atoms with Gasteiger partial charge in [0.1, 0.15) is 0 Å². The van der Waals surface area contributed by atoms with E-state index in [0.717, 1.165) is 27.7 Å². The third-order valence-corrected chi connectivity index (χ3v) is 5.14. The Morgan fingerprint density at radius 3 is 2.39 bits per heavy atom. The molecule has 5 nitrogen and oxygen atoms in total. The van der Waals surface area contributed by atoms with Crippen LogP contribution in [0.4, 0.5) is 5.69 Å². The van der Waals surface area contributed by atoms with Gasteiger partial charge in [-0.05, 0) is 29.8 Å². The van der Waals surface area contributed by atoms with E-state index in [4.69, 9.17) is 0 Å². The summed E-state index contributed by atoms with van der Waals surface area (Å²) in [4.78, 5) is 23.6. The number of benzene rings is 3. The van der Waals surface area contributed by atoms with Gasteiger partial charge in [0.25, 0.3) is 5.69 Å². The average molecular weight is 408 g/mol. The van der Waals surface area contributed by atoms with Crippen molar-refractivity contribution in [2.75, 3.05) is 0 Å². The highest BCUT2D eigenvalue weighted by molar-refractivity contribution is 6.11. The second kappa shape index (κ2) is 8.63. The van der Waals surface area contributed by atoms with Crippen molar-refractivity contribution < 1.29 is 9.72 Å². The summed E-state index contributed by atoms with van der Waals surface area (Å²) in [7, 11) is 0. The summed E-state index contributed by atoms with van der Waals surface area (Å²) in [6.45, 7) is 4.50. The van der Waals surface area contributed by atoms with Gasteiger partial charge in [-0.1, -0.05) is 66.7 Å². The summed E-state index contributed by atoms with van der Waals surface area (Å²) >= 11 is 0. The van der Waals surface area contributed by atoms with Gasteiger partial charge in [0.15, 0.2) is 5.78 Å². The molecule has 3 aromatic carbocycles. The largest absolute Gasteiger partial charge is 0.336 e. The Balaban J connectivity index is 1.89. The standard InChI is InChI=1S/C26H20N2O3/c1-2-18-27-23-14-8-6-12-20(23)21(26(27)19-10-4-3-5-11-19)16-17-25(29)22-13-7-9-15-24(22)28(30)31/h2-17H,1,18H2/b17-16+. The lowest BCUT2D eigenvalue weighted by atomic mass is 10.0. The number of hydrogen-bond donors (Lipinski definition) is 0. The van der Waals surface area contributed by atoms with Gasteiger partial charge in [-0.15, -0.1) is 6.58 Å². The molecule has 0 saturated heterocycles. The monoisotopic (exact) mass is 408 g/mol. The third-order valence-electron chi connectivity index (χ3n) is 5.14. The highest BCUT2D eigenvalue weighted by Gasteiger charge is 2.19. The zero-order chi connectivity index (χ0) is 21.8. The van der Waals surface area contributed by atoms with Gasteiger partial charge in [0, 0.05) is 29.1 Å². The van der Waals surface area contributed by atoms with Gasteiger partial charge in [0.2, 0.25) is 0 Å². The summed E-state index contributed by atoms with van der Waals surface area (Å²) in [5.41, 5.74) is 3.76. The molecule has 0 bridgehead atoms. The molecule has 1 heterocycles. The molecule has 4 aromatic rings. The minimum atomic E-state index is -0.535. The number of carbonyl (C=O) groups is 1. The summed E-state index contributed by atoms with van der Waals surface area (Å²) in [5.74, 6) is -0.410. The van der Waals surface area contributed by atoms with E-state index >= 15 is 0 Å². The molecule has 0 aliphatic rings. The van der Waals surface area contributed by atoms with Gasteiger partial charge in [-0.25, -0.2) is 0 Å². The third kappa shape index (κ3) is 3.81. The molecule has 0 saturated carbocycles. The van der Waals surface area contributed by atoms with E-state index in [0.29, 0.717) is 6.54 Å². The smallest absolute Gasteiger partial charge is 0.280 e. The minimum absolute atomic E-state index is 0.0693. The zero-order valence-corrected chi connectivity index (χ0v) is 16.8. The lowest BCUT2D eigenvalue weighted by Gasteiger charge is -2.09. The van der Waals surface area contributed by atoms with Crippen molar-refractivity contribution in [3.63, 3.8) is 0 Å². The van der Waals surface area contributed by atoms with Crippen LogP contribution in [0.1, 0.15) is 15.9 Å². The molecule has 0 aliphatic heterocycles. The molecule has 152 valence electrons. The van der Waals surface area contributed by atoms with Crippen LogP contribution >= 0.6 is 0 Å². The second-order valence-corrected chi connectivity index (χ2v) is 7.02. The molecule has 0 radical (unpaired) electrons. The van der Waals surface area contributed by atoms with Crippen LogP contribution in [-0.4, -0.2) is 15.3 Å². The first kappa shape index (κ1) is 20.0. The Morgan fingerprint density at radius 2 is 1.65 bits per heavy atom. The number of nitro benzene ring substituents is 1. The van der Waals surface area contributed by atoms with Crippen molar-refractivity contribution in [1.29, 1.82) is 0 Å². The van der Waals surface area contributed by atoms with E-state index in [1.54, 1.807) is 18.2 Å². The predicted octanol–water partition coefficient (Wildman–Crippen LogP) is 6.30. The van der Waals surface area contributed by atoms with Gasteiger partial charge in [-0.3, -0.25) is 14.9 Å². The zero-order valence-electron chi connectivity index (χ0n) is 16.8. The van der Waals surface area contributed by atoms with Crippen molar-refractivity contribution in [2.24, 2.45) is 0 Å². The molecule has 0 atom stereocenters. The average Bonchev–Trinajstić information content (AvgIpc) is 3.11. The van der Waals surface area contributed by atoms with Crippen LogP contribution in [0.2, 0.25) is 0 Å². The fourth-order valence-electron chi connectivity index (χ4n) is 3.81. The van der Waals surface area contributed by atoms with Gasteiger partial charge in [0.05, 0.1) is 16.2 Å². The predicted molar refractivity (Wildman–Crippen MR) is 124 cm³/mol. The van der Waals surface area contributed by atoms with Crippen LogP contribution in [0.25, 0.3) is 28.2 Å². The fraction of sp³-hybridized carbons (Fsp3) is 0.0385. The summed E-state index contributed by atoms with van der Waals surface area (Å²) in [6.07, 6.45) is 5.00. The number of nitro groups is 1. The first-order chi connectivity index (χ1) is 15.1. The van der Waals surface area contributed by atoms with E-state index in [2.05, 4.69) is 11.1 Å². The van der Waals surface area contributed by atoms with E-state index in [1.807, 2.05) is 60.7 Å². The number of aromatic nitrogens is 1. The second-order valence-electron chi connectivity index (χ2n) is 7.02.